The third kappa shape index (κ3) is 6.68. The number of hydrogen-bond acceptors (Lipinski definition) is 6. The molecule has 1 N–H and O–H groups in total. The molecule has 4 aromatic rings. The van der Waals surface area contributed by atoms with Crippen molar-refractivity contribution in [2.45, 2.75) is 19.9 Å². The van der Waals surface area contributed by atoms with E-state index in [1.807, 2.05) is 79.7 Å². The van der Waals surface area contributed by atoms with Crippen molar-refractivity contribution in [3.63, 3.8) is 0 Å². The Kier molecular flexibility index (Phi) is 9.06. The van der Waals surface area contributed by atoms with Gasteiger partial charge in [-0.05, 0) is 77.8 Å². The molecule has 0 radical (unpaired) electrons. The second-order valence-electron chi connectivity index (χ2n) is 7.08. The van der Waals surface area contributed by atoms with Crippen LogP contribution >= 0.6 is 24.0 Å². The lowest BCUT2D eigenvalue weighted by Gasteiger charge is -2.13. The van der Waals surface area contributed by atoms with Crippen molar-refractivity contribution >= 4 is 24.0 Å². The van der Waals surface area contributed by atoms with Gasteiger partial charge in [0.1, 0.15) is 0 Å². The molecule has 33 heavy (non-hydrogen) atoms. The first-order valence-corrected chi connectivity index (χ1v) is 10.8. The number of aromatic nitrogens is 4. The van der Waals surface area contributed by atoms with Gasteiger partial charge in [-0.2, -0.15) is 4.68 Å². The lowest BCUT2D eigenvalue weighted by atomic mass is 10.1. The standard InChI is InChI=1S/C24H24ClN5O2.ClH/c1-2-31-23-16-19(17-26-15-14-18-8-11-20(25)12-9-18)10-13-22(23)32-24-27-28-29-30(24)21-6-4-3-5-7-21;/h3-13,16,26H,2,14-15,17H2,1H3;1H. The first-order valence-electron chi connectivity index (χ1n) is 10.5. The molecule has 0 amide bonds. The Morgan fingerprint density at radius 1 is 0.939 bits per heavy atom. The molecule has 0 spiro atoms. The molecule has 1 heterocycles. The second-order valence-corrected chi connectivity index (χ2v) is 7.51. The van der Waals surface area contributed by atoms with Gasteiger partial charge >= 0.3 is 6.01 Å². The van der Waals surface area contributed by atoms with Crippen molar-refractivity contribution in [1.29, 1.82) is 0 Å². The van der Waals surface area contributed by atoms with Crippen LogP contribution in [0.3, 0.4) is 0 Å². The van der Waals surface area contributed by atoms with Gasteiger partial charge in [-0.15, -0.1) is 12.4 Å². The predicted molar refractivity (Wildman–Crippen MR) is 131 cm³/mol. The lowest BCUT2D eigenvalue weighted by Crippen LogP contribution is -2.16. The van der Waals surface area contributed by atoms with Crippen LogP contribution in [0.4, 0.5) is 0 Å². The van der Waals surface area contributed by atoms with Crippen LogP contribution in [0.5, 0.6) is 17.5 Å². The number of hydrogen-bond donors (Lipinski definition) is 1. The number of benzene rings is 3. The summed E-state index contributed by atoms with van der Waals surface area (Å²) in [5, 5.41) is 16.0. The molecule has 0 aliphatic carbocycles. The van der Waals surface area contributed by atoms with E-state index < -0.39 is 0 Å². The highest BCUT2D eigenvalue weighted by Gasteiger charge is 2.14. The average Bonchev–Trinajstić information content (AvgIpc) is 3.28. The summed E-state index contributed by atoms with van der Waals surface area (Å²) in [6, 6.07) is 23.6. The second kappa shape index (κ2) is 12.2. The summed E-state index contributed by atoms with van der Waals surface area (Å²) in [7, 11) is 0. The van der Waals surface area contributed by atoms with Gasteiger partial charge in [0.05, 0.1) is 12.3 Å². The fraction of sp³-hybridized carbons (Fsp3) is 0.208. The summed E-state index contributed by atoms with van der Waals surface area (Å²) in [6.07, 6.45) is 0.929. The SMILES string of the molecule is CCOc1cc(CNCCc2ccc(Cl)cc2)ccc1Oc1nnnn1-c1ccccc1.Cl. The summed E-state index contributed by atoms with van der Waals surface area (Å²) in [5.41, 5.74) is 3.16. The number of nitrogens with one attached hydrogen (secondary N) is 1. The van der Waals surface area contributed by atoms with Crippen molar-refractivity contribution in [2.75, 3.05) is 13.2 Å². The summed E-state index contributed by atoms with van der Waals surface area (Å²) in [6.45, 7) is 4.04. The van der Waals surface area contributed by atoms with E-state index in [0.29, 0.717) is 18.1 Å². The fourth-order valence-electron chi connectivity index (χ4n) is 3.20. The van der Waals surface area contributed by atoms with E-state index in [1.165, 1.54) is 5.56 Å². The summed E-state index contributed by atoms with van der Waals surface area (Å²) >= 11 is 5.94. The number of halogens is 2. The first-order chi connectivity index (χ1) is 15.7. The number of nitrogens with zero attached hydrogens (tertiary/aromatic N) is 4. The average molecular weight is 486 g/mol. The van der Waals surface area contributed by atoms with Crippen LogP contribution in [-0.4, -0.2) is 33.4 Å². The molecule has 0 atom stereocenters. The van der Waals surface area contributed by atoms with Crippen molar-refractivity contribution in [1.82, 2.24) is 25.5 Å². The van der Waals surface area contributed by atoms with Crippen molar-refractivity contribution in [3.05, 3.63) is 88.9 Å². The highest BCUT2D eigenvalue weighted by Crippen LogP contribution is 2.32. The molecule has 172 valence electrons. The highest BCUT2D eigenvalue weighted by molar-refractivity contribution is 6.30. The molecular weight excluding hydrogens is 461 g/mol. The van der Waals surface area contributed by atoms with Gasteiger partial charge in [0.2, 0.25) is 0 Å². The molecular formula is C24H25Cl2N5O2. The molecule has 0 aliphatic heterocycles. The Morgan fingerprint density at radius 2 is 1.70 bits per heavy atom. The molecule has 0 saturated carbocycles. The number of tetrazole rings is 1. The third-order valence-electron chi connectivity index (χ3n) is 4.78. The van der Waals surface area contributed by atoms with Crippen LogP contribution in [0.2, 0.25) is 5.02 Å². The van der Waals surface area contributed by atoms with Gasteiger partial charge in [-0.25, -0.2) is 0 Å². The fourth-order valence-corrected chi connectivity index (χ4v) is 3.33. The molecule has 0 aliphatic rings. The van der Waals surface area contributed by atoms with Gasteiger partial charge in [-0.1, -0.05) is 53.1 Å². The summed E-state index contributed by atoms with van der Waals surface area (Å²) in [5.74, 6) is 1.20. The van der Waals surface area contributed by atoms with Gasteiger partial charge in [0.25, 0.3) is 0 Å². The Balaban J connectivity index is 0.00000306. The monoisotopic (exact) mass is 485 g/mol. The Bertz CT molecular complexity index is 1140. The number of ether oxygens (including phenoxy) is 2. The molecule has 0 unspecified atom stereocenters. The molecule has 0 fully saturated rings. The zero-order valence-corrected chi connectivity index (χ0v) is 19.7. The molecule has 0 bridgehead atoms. The maximum absolute atomic E-state index is 6.01. The van der Waals surface area contributed by atoms with E-state index in [1.54, 1.807) is 4.68 Å². The third-order valence-corrected chi connectivity index (χ3v) is 5.04. The van der Waals surface area contributed by atoms with Gasteiger partial charge in [-0.3, -0.25) is 0 Å². The van der Waals surface area contributed by atoms with Crippen LogP contribution in [0.25, 0.3) is 5.69 Å². The number of rotatable bonds is 10. The quantitative estimate of drug-likeness (QED) is 0.308. The van der Waals surface area contributed by atoms with Crippen LogP contribution < -0.4 is 14.8 Å². The Hall–Kier alpha value is -3.13. The van der Waals surface area contributed by atoms with E-state index in [-0.39, 0.29) is 18.4 Å². The molecule has 4 rings (SSSR count). The van der Waals surface area contributed by atoms with Gasteiger partial charge < -0.3 is 14.8 Å². The Labute approximate surface area is 204 Å². The summed E-state index contributed by atoms with van der Waals surface area (Å²) in [4.78, 5) is 0. The zero-order valence-electron chi connectivity index (χ0n) is 18.1. The van der Waals surface area contributed by atoms with Gasteiger partial charge in [0, 0.05) is 11.6 Å². The van der Waals surface area contributed by atoms with Gasteiger partial charge in [0.15, 0.2) is 11.5 Å². The molecule has 9 heteroatoms. The smallest absolute Gasteiger partial charge is 0.346 e. The minimum absolute atomic E-state index is 0. The Morgan fingerprint density at radius 3 is 2.45 bits per heavy atom. The molecule has 1 aromatic heterocycles. The van der Waals surface area contributed by atoms with E-state index in [4.69, 9.17) is 21.1 Å². The predicted octanol–water partition coefficient (Wildman–Crippen LogP) is 5.26. The van der Waals surface area contributed by atoms with E-state index in [2.05, 4.69) is 20.8 Å². The largest absolute Gasteiger partial charge is 0.490 e. The van der Waals surface area contributed by atoms with Crippen molar-refractivity contribution < 1.29 is 9.47 Å². The molecule has 3 aromatic carbocycles. The summed E-state index contributed by atoms with van der Waals surface area (Å²) < 4.78 is 13.4. The topological polar surface area (TPSA) is 74.1 Å². The van der Waals surface area contributed by atoms with Crippen LogP contribution in [-0.2, 0) is 13.0 Å². The normalized spacial score (nSPS) is 10.5. The highest BCUT2D eigenvalue weighted by atomic mass is 35.5. The molecule has 0 saturated heterocycles. The lowest BCUT2D eigenvalue weighted by molar-refractivity contribution is 0.315. The van der Waals surface area contributed by atoms with E-state index in [9.17, 15) is 0 Å². The molecule has 7 nitrogen and oxygen atoms in total. The minimum atomic E-state index is 0. The van der Waals surface area contributed by atoms with Crippen molar-refractivity contribution in [2.24, 2.45) is 0 Å². The van der Waals surface area contributed by atoms with Crippen molar-refractivity contribution in [3.8, 4) is 23.2 Å². The maximum atomic E-state index is 6.01. The maximum Gasteiger partial charge on any atom is 0.346 e. The van der Waals surface area contributed by atoms with E-state index in [0.717, 1.165) is 35.8 Å². The van der Waals surface area contributed by atoms with Crippen LogP contribution in [0, 0.1) is 0 Å². The van der Waals surface area contributed by atoms with E-state index >= 15 is 0 Å². The minimum Gasteiger partial charge on any atom is -0.490 e. The zero-order chi connectivity index (χ0) is 22.2. The van der Waals surface area contributed by atoms with Crippen LogP contribution in [0.1, 0.15) is 18.1 Å². The number of para-hydroxylation sites is 1. The van der Waals surface area contributed by atoms with Crippen LogP contribution in [0.15, 0.2) is 72.8 Å². The first kappa shape index (κ1) is 24.5.